The summed E-state index contributed by atoms with van der Waals surface area (Å²) in [5, 5.41) is 0. The van der Waals surface area contributed by atoms with Crippen molar-refractivity contribution < 1.29 is 14.2 Å². The monoisotopic (exact) mass is 309 g/mol. The smallest absolute Gasteiger partial charge is 0.127 e. The maximum Gasteiger partial charge on any atom is 0.127 e. The molecule has 2 unspecified atom stereocenters. The lowest BCUT2D eigenvalue weighted by Gasteiger charge is -2.37. The number of hydrogen-bond donors (Lipinski definition) is 1. The van der Waals surface area contributed by atoms with Crippen LogP contribution in [-0.2, 0) is 11.3 Å². The van der Waals surface area contributed by atoms with Gasteiger partial charge in [0.25, 0.3) is 0 Å². The molecule has 2 saturated heterocycles. The molecule has 2 aliphatic rings. The van der Waals surface area contributed by atoms with E-state index in [4.69, 9.17) is 19.9 Å². The predicted octanol–water partition coefficient (Wildman–Crippen LogP) is 2.59. The van der Waals surface area contributed by atoms with Gasteiger partial charge in [0.15, 0.2) is 0 Å². The number of hydrogen-bond acceptors (Lipinski definition) is 5. The van der Waals surface area contributed by atoms with Gasteiger partial charge in [0.2, 0.25) is 0 Å². The van der Waals surface area contributed by atoms with Gasteiger partial charge in [-0.15, -0.1) is 0 Å². The Bertz CT molecular complexity index is 488. The van der Waals surface area contributed by atoms with Crippen molar-refractivity contribution in [2.75, 3.05) is 25.2 Å². The Kier molecular flexibility index (Phi) is 4.62. The van der Waals surface area contributed by atoms with Gasteiger partial charge in [0, 0.05) is 36.8 Å². The van der Waals surface area contributed by atoms with Gasteiger partial charge in [-0.05, 0) is 18.2 Å². The molecule has 3 rings (SSSR count). The molecule has 4 nitrogen and oxygen atoms in total. The normalized spacial score (nSPS) is 28.8. The van der Waals surface area contributed by atoms with E-state index >= 15 is 0 Å². The molecule has 21 heavy (non-hydrogen) atoms. The molecule has 0 aromatic heterocycles. The quantitative estimate of drug-likeness (QED) is 0.926. The van der Waals surface area contributed by atoms with Crippen LogP contribution in [0.25, 0.3) is 0 Å². The zero-order valence-electron chi connectivity index (χ0n) is 12.5. The molecule has 2 heterocycles. The van der Waals surface area contributed by atoms with Crippen LogP contribution in [0.2, 0.25) is 0 Å². The topological polar surface area (TPSA) is 53.7 Å². The minimum Gasteiger partial charge on any atom is -0.497 e. The van der Waals surface area contributed by atoms with Crippen LogP contribution in [0.5, 0.6) is 11.5 Å². The Morgan fingerprint density at radius 3 is 3.10 bits per heavy atom. The van der Waals surface area contributed by atoms with E-state index in [1.807, 2.05) is 30.0 Å². The first-order valence-corrected chi connectivity index (χ1v) is 8.65. The van der Waals surface area contributed by atoms with E-state index in [1.54, 1.807) is 7.11 Å². The van der Waals surface area contributed by atoms with Crippen molar-refractivity contribution in [3.63, 3.8) is 0 Å². The van der Waals surface area contributed by atoms with Crippen molar-refractivity contribution in [1.29, 1.82) is 0 Å². The van der Waals surface area contributed by atoms with Gasteiger partial charge in [-0.3, -0.25) is 0 Å². The molecule has 0 radical (unpaired) electrons. The van der Waals surface area contributed by atoms with Gasteiger partial charge in [0.1, 0.15) is 17.6 Å². The molecule has 0 bridgehead atoms. The third-order valence-corrected chi connectivity index (χ3v) is 5.53. The first kappa shape index (κ1) is 15.0. The molecule has 2 N–H and O–H groups in total. The van der Waals surface area contributed by atoms with E-state index < -0.39 is 0 Å². The summed E-state index contributed by atoms with van der Waals surface area (Å²) in [5.41, 5.74) is 6.88. The highest BCUT2D eigenvalue weighted by atomic mass is 32.2. The number of rotatable bonds is 4. The number of thioether (sulfide) groups is 1. The van der Waals surface area contributed by atoms with Gasteiger partial charge < -0.3 is 19.9 Å². The third kappa shape index (κ3) is 3.30. The van der Waals surface area contributed by atoms with Gasteiger partial charge >= 0.3 is 0 Å². The van der Waals surface area contributed by atoms with Crippen molar-refractivity contribution >= 4 is 11.8 Å². The Labute approximate surface area is 130 Å². The molecular formula is C16H23NO3S. The van der Waals surface area contributed by atoms with Crippen LogP contribution in [0.1, 0.15) is 24.8 Å². The van der Waals surface area contributed by atoms with E-state index in [2.05, 4.69) is 0 Å². The summed E-state index contributed by atoms with van der Waals surface area (Å²) in [5.74, 6) is 3.94. The van der Waals surface area contributed by atoms with E-state index in [-0.39, 0.29) is 11.7 Å². The fourth-order valence-corrected chi connectivity index (χ4v) is 4.44. The van der Waals surface area contributed by atoms with Crippen molar-refractivity contribution in [3.8, 4) is 11.5 Å². The van der Waals surface area contributed by atoms with Crippen LogP contribution in [0.4, 0.5) is 0 Å². The zero-order chi connectivity index (χ0) is 14.7. The van der Waals surface area contributed by atoms with Crippen LogP contribution >= 0.6 is 11.8 Å². The second-order valence-electron chi connectivity index (χ2n) is 5.74. The fraction of sp³-hybridized carbons (Fsp3) is 0.625. The first-order valence-electron chi connectivity index (χ1n) is 7.50. The molecule has 0 amide bonds. The minimum absolute atomic E-state index is 0.0370. The van der Waals surface area contributed by atoms with Gasteiger partial charge in [-0.2, -0.15) is 11.8 Å². The second-order valence-corrected chi connectivity index (χ2v) is 6.85. The third-order valence-electron chi connectivity index (χ3n) is 4.30. The largest absolute Gasteiger partial charge is 0.497 e. The second kappa shape index (κ2) is 6.46. The highest BCUT2D eigenvalue weighted by Gasteiger charge is 2.41. The SMILES string of the molecule is COc1ccc(CN)c(OC2CCOC3(CCSC3)C2)c1. The fourth-order valence-electron chi connectivity index (χ4n) is 3.07. The van der Waals surface area contributed by atoms with E-state index in [0.717, 1.165) is 48.7 Å². The van der Waals surface area contributed by atoms with Crippen molar-refractivity contribution in [3.05, 3.63) is 23.8 Å². The minimum atomic E-state index is 0.0370. The van der Waals surface area contributed by atoms with Crippen LogP contribution in [-0.4, -0.2) is 36.9 Å². The summed E-state index contributed by atoms with van der Waals surface area (Å²) in [7, 11) is 1.67. The highest BCUT2D eigenvalue weighted by Crippen LogP contribution is 2.39. The summed E-state index contributed by atoms with van der Waals surface area (Å²) in [6.07, 6.45) is 3.25. The highest BCUT2D eigenvalue weighted by molar-refractivity contribution is 7.99. The summed E-state index contributed by atoms with van der Waals surface area (Å²) < 4.78 is 17.6. The van der Waals surface area contributed by atoms with Crippen LogP contribution in [0.15, 0.2) is 18.2 Å². The van der Waals surface area contributed by atoms with Crippen molar-refractivity contribution in [2.45, 2.75) is 37.5 Å². The summed E-state index contributed by atoms with van der Waals surface area (Å²) in [4.78, 5) is 0. The maximum absolute atomic E-state index is 6.26. The molecule has 2 fully saturated rings. The lowest BCUT2D eigenvalue weighted by molar-refractivity contribution is -0.0960. The molecule has 2 aliphatic heterocycles. The predicted molar refractivity (Wildman–Crippen MR) is 85.2 cm³/mol. The standard InChI is InChI=1S/C16H23NO3S/c1-18-13-3-2-12(10-17)15(8-13)20-14-4-6-19-16(9-14)5-7-21-11-16/h2-3,8,14H,4-7,9-11,17H2,1H3. The van der Waals surface area contributed by atoms with Crippen molar-refractivity contribution in [2.24, 2.45) is 5.73 Å². The van der Waals surface area contributed by atoms with E-state index in [0.29, 0.717) is 6.54 Å². The molecule has 1 aromatic carbocycles. The summed E-state index contributed by atoms with van der Waals surface area (Å²) in [6, 6.07) is 5.84. The molecule has 1 aromatic rings. The molecular weight excluding hydrogens is 286 g/mol. The van der Waals surface area contributed by atoms with Crippen LogP contribution in [0.3, 0.4) is 0 Å². The average molecular weight is 309 g/mol. The van der Waals surface area contributed by atoms with Crippen LogP contribution < -0.4 is 15.2 Å². The van der Waals surface area contributed by atoms with E-state index in [1.165, 1.54) is 5.75 Å². The van der Waals surface area contributed by atoms with Crippen LogP contribution in [0, 0.1) is 0 Å². The molecule has 116 valence electrons. The lowest BCUT2D eigenvalue weighted by atomic mass is 9.91. The summed E-state index contributed by atoms with van der Waals surface area (Å²) >= 11 is 1.98. The maximum atomic E-state index is 6.26. The van der Waals surface area contributed by atoms with Crippen molar-refractivity contribution in [1.82, 2.24) is 0 Å². The Morgan fingerprint density at radius 2 is 2.38 bits per heavy atom. The molecule has 0 saturated carbocycles. The van der Waals surface area contributed by atoms with Gasteiger partial charge in [0.05, 0.1) is 19.3 Å². The Balaban J connectivity index is 1.73. The zero-order valence-corrected chi connectivity index (χ0v) is 13.3. The Hall–Kier alpha value is -0.910. The molecule has 0 aliphatic carbocycles. The number of methoxy groups -OCH3 is 1. The molecule has 1 spiro atoms. The van der Waals surface area contributed by atoms with Gasteiger partial charge in [-0.25, -0.2) is 0 Å². The lowest BCUT2D eigenvalue weighted by Crippen LogP contribution is -2.43. The number of ether oxygens (including phenoxy) is 3. The average Bonchev–Trinajstić information content (AvgIpc) is 2.95. The molecule has 5 heteroatoms. The van der Waals surface area contributed by atoms with E-state index in [9.17, 15) is 0 Å². The Morgan fingerprint density at radius 1 is 1.48 bits per heavy atom. The number of nitrogens with two attached hydrogens (primary N) is 1. The number of benzene rings is 1. The summed E-state index contributed by atoms with van der Waals surface area (Å²) in [6.45, 7) is 1.26. The first-order chi connectivity index (χ1) is 10.2. The molecule has 2 atom stereocenters. The van der Waals surface area contributed by atoms with Gasteiger partial charge in [-0.1, -0.05) is 6.07 Å².